The lowest BCUT2D eigenvalue weighted by Gasteiger charge is -2.28. The average Bonchev–Trinajstić information content (AvgIpc) is 2.86. The molecule has 1 heterocycles. The molecule has 2 rings (SSSR count). The summed E-state index contributed by atoms with van der Waals surface area (Å²) in [7, 11) is 0. The van der Waals surface area contributed by atoms with Crippen molar-refractivity contribution < 1.29 is 0 Å². The second-order valence-electron chi connectivity index (χ2n) is 5.69. The average molecular weight is 252 g/mol. The minimum atomic E-state index is 0.173. The van der Waals surface area contributed by atoms with Gasteiger partial charge in [-0.05, 0) is 37.6 Å². The van der Waals surface area contributed by atoms with E-state index in [9.17, 15) is 0 Å². The third kappa shape index (κ3) is 2.55. The predicted octanol–water partition coefficient (Wildman–Crippen LogP) is 3.89. The number of nitrogens with one attached hydrogen (secondary N) is 1. The molecule has 0 radical (unpaired) electrons. The van der Waals surface area contributed by atoms with Crippen molar-refractivity contribution >= 4 is 11.3 Å². The highest BCUT2D eigenvalue weighted by Gasteiger charge is 2.40. The van der Waals surface area contributed by atoms with E-state index in [-0.39, 0.29) is 5.54 Å². The molecule has 1 aliphatic rings. The van der Waals surface area contributed by atoms with Gasteiger partial charge >= 0.3 is 0 Å². The summed E-state index contributed by atoms with van der Waals surface area (Å²) in [5.41, 5.74) is 1.42. The zero-order chi connectivity index (χ0) is 12.5. The van der Waals surface area contributed by atoms with Gasteiger partial charge in [-0.25, -0.2) is 4.98 Å². The summed E-state index contributed by atoms with van der Waals surface area (Å²) >= 11 is 1.84. The Balaban J connectivity index is 2.26. The van der Waals surface area contributed by atoms with Gasteiger partial charge in [-0.2, -0.15) is 0 Å². The van der Waals surface area contributed by atoms with Gasteiger partial charge in [0, 0.05) is 5.38 Å². The Hall–Kier alpha value is -0.410. The van der Waals surface area contributed by atoms with Crippen molar-refractivity contribution in [2.45, 2.75) is 58.4 Å². The van der Waals surface area contributed by atoms with E-state index in [0.29, 0.717) is 5.92 Å². The first-order valence-electron chi connectivity index (χ1n) is 6.78. The molecule has 0 amide bonds. The van der Waals surface area contributed by atoms with Gasteiger partial charge in [0.15, 0.2) is 0 Å². The lowest BCUT2D eigenvalue weighted by atomic mass is 9.97. The monoisotopic (exact) mass is 252 g/mol. The Morgan fingerprint density at radius 2 is 2.35 bits per heavy atom. The summed E-state index contributed by atoms with van der Waals surface area (Å²) in [6.07, 6.45) is 3.81. The minimum Gasteiger partial charge on any atom is -0.306 e. The van der Waals surface area contributed by atoms with E-state index in [2.05, 4.69) is 38.4 Å². The van der Waals surface area contributed by atoms with Crippen LogP contribution >= 0.6 is 11.3 Å². The molecule has 0 bridgehead atoms. The van der Waals surface area contributed by atoms with E-state index >= 15 is 0 Å². The molecule has 1 aromatic heterocycles. The van der Waals surface area contributed by atoms with E-state index in [4.69, 9.17) is 4.98 Å². The minimum absolute atomic E-state index is 0.173. The molecule has 0 saturated heterocycles. The van der Waals surface area contributed by atoms with Crippen LogP contribution < -0.4 is 5.32 Å². The fourth-order valence-corrected chi connectivity index (χ4v) is 4.03. The Morgan fingerprint density at radius 1 is 1.59 bits per heavy atom. The molecule has 1 aromatic rings. The number of aromatic nitrogens is 1. The Labute approximate surface area is 109 Å². The number of thiazole rings is 1. The quantitative estimate of drug-likeness (QED) is 0.879. The summed E-state index contributed by atoms with van der Waals surface area (Å²) in [6.45, 7) is 10.0. The Kier molecular flexibility index (Phi) is 3.88. The molecule has 1 saturated carbocycles. The standard InChI is InChI=1S/C14H24N2S/c1-5-15-14(7-6-11(4)8-14)13-16-12(9-17-13)10(2)3/h9-11,15H,5-8H2,1-4H3. The third-order valence-electron chi connectivity index (χ3n) is 3.80. The van der Waals surface area contributed by atoms with Crippen LogP contribution in [0, 0.1) is 5.92 Å². The SMILES string of the molecule is CCNC1(c2nc(C(C)C)cs2)CCC(C)C1. The van der Waals surface area contributed by atoms with E-state index in [1.54, 1.807) is 0 Å². The van der Waals surface area contributed by atoms with Crippen LogP contribution in [0.3, 0.4) is 0 Å². The molecule has 0 aliphatic heterocycles. The van der Waals surface area contributed by atoms with E-state index < -0.39 is 0 Å². The number of hydrogen-bond acceptors (Lipinski definition) is 3. The van der Waals surface area contributed by atoms with Crippen LogP contribution in [0.2, 0.25) is 0 Å². The molecule has 3 heteroatoms. The first-order chi connectivity index (χ1) is 8.07. The molecule has 1 N–H and O–H groups in total. The first-order valence-corrected chi connectivity index (χ1v) is 7.66. The molecular formula is C14H24N2S. The van der Waals surface area contributed by atoms with Crippen LogP contribution in [-0.4, -0.2) is 11.5 Å². The number of hydrogen-bond donors (Lipinski definition) is 1. The Bertz CT molecular complexity index is 368. The van der Waals surface area contributed by atoms with E-state index in [0.717, 1.165) is 12.5 Å². The summed E-state index contributed by atoms with van der Waals surface area (Å²) in [5.74, 6) is 1.36. The maximum absolute atomic E-state index is 4.87. The van der Waals surface area contributed by atoms with Crippen molar-refractivity contribution in [3.05, 3.63) is 16.1 Å². The van der Waals surface area contributed by atoms with Crippen LogP contribution in [-0.2, 0) is 5.54 Å². The summed E-state index contributed by atoms with van der Waals surface area (Å²) in [4.78, 5) is 4.87. The van der Waals surface area contributed by atoms with Gasteiger partial charge < -0.3 is 5.32 Å². The van der Waals surface area contributed by atoms with Crippen molar-refractivity contribution in [3.63, 3.8) is 0 Å². The fraction of sp³-hybridized carbons (Fsp3) is 0.786. The normalized spacial score (nSPS) is 29.1. The molecule has 2 nitrogen and oxygen atoms in total. The maximum Gasteiger partial charge on any atom is 0.113 e. The highest BCUT2D eigenvalue weighted by atomic mass is 32.1. The van der Waals surface area contributed by atoms with Crippen molar-refractivity contribution in [1.82, 2.24) is 10.3 Å². The van der Waals surface area contributed by atoms with E-state index in [1.807, 2.05) is 11.3 Å². The summed E-state index contributed by atoms with van der Waals surface area (Å²) in [5, 5.41) is 7.26. The van der Waals surface area contributed by atoms with Gasteiger partial charge in [0.25, 0.3) is 0 Å². The second-order valence-corrected chi connectivity index (χ2v) is 6.55. The highest BCUT2D eigenvalue weighted by molar-refractivity contribution is 7.09. The first kappa shape index (κ1) is 13.0. The molecule has 0 spiro atoms. The molecule has 2 unspecified atom stereocenters. The van der Waals surface area contributed by atoms with Crippen LogP contribution in [0.1, 0.15) is 63.6 Å². The fourth-order valence-electron chi connectivity index (χ4n) is 2.83. The summed E-state index contributed by atoms with van der Waals surface area (Å²) in [6, 6.07) is 0. The number of rotatable bonds is 4. The van der Waals surface area contributed by atoms with Crippen LogP contribution in [0.15, 0.2) is 5.38 Å². The topological polar surface area (TPSA) is 24.9 Å². The lowest BCUT2D eigenvalue weighted by molar-refractivity contribution is 0.337. The predicted molar refractivity (Wildman–Crippen MR) is 74.6 cm³/mol. The van der Waals surface area contributed by atoms with Gasteiger partial charge in [0.05, 0.1) is 11.2 Å². The molecule has 1 fully saturated rings. The van der Waals surface area contributed by atoms with Crippen LogP contribution in [0.25, 0.3) is 0 Å². The van der Waals surface area contributed by atoms with Crippen LogP contribution in [0.5, 0.6) is 0 Å². The lowest BCUT2D eigenvalue weighted by Crippen LogP contribution is -2.40. The van der Waals surface area contributed by atoms with Crippen molar-refractivity contribution in [2.75, 3.05) is 6.54 Å². The molecule has 2 atom stereocenters. The molecule has 96 valence electrons. The highest BCUT2D eigenvalue weighted by Crippen LogP contribution is 2.43. The third-order valence-corrected chi connectivity index (χ3v) is 4.86. The molecule has 1 aliphatic carbocycles. The number of nitrogens with zero attached hydrogens (tertiary/aromatic N) is 1. The molecule has 0 aromatic carbocycles. The van der Waals surface area contributed by atoms with Crippen molar-refractivity contribution in [1.29, 1.82) is 0 Å². The van der Waals surface area contributed by atoms with Gasteiger partial charge in [-0.15, -0.1) is 11.3 Å². The van der Waals surface area contributed by atoms with Crippen molar-refractivity contribution in [3.8, 4) is 0 Å². The zero-order valence-electron chi connectivity index (χ0n) is 11.4. The van der Waals surface area contributed by atoms with Gasteiger partial charge in [-0.3, -0.25) is 0 Å². The molecule has 17 heavy (non-hydrogen) atoms. The van der Waals surface area contributed by atoms with Crippen LogP contribution in [0.4, 0.5) is 0 Å². The molecular weight excluding hydrogens is 228 g/mol. The smallest absolute Gasteiger partial charge is 0.113 e. The van der Waals surface area contributed by atoms with Crippen molar-refractivity contribution in [2.24, 2.45) is 5.92 Å². The largest absolute Gasteiger partial charge is 0.306 e. The summed E-state index contributed by atoms with van der Waals surface area (Å²) < 4.78 is 0. The van der Waals surface area contributed by atoms with Gasteiger partial charge in [-0.1, -0.05) is 27.7 Å². The Morgan fingerprint density at radius 3 is 2.82 bits per heavy atom. The van der Waals surface area contributed by atoms with Gasteiger partial charge in [0.2, 0.25) is 0 Å². The van der Waals surface area contributed by atoms with E-state index in [1.165, 1.54) is 30.0 Å². The second kappa shape index (κ2) is 5.07. The zero-order valence-corrected chi connectivity index (χ0v) is 12.2. The van der Waals surface area contributed by atoms with Gasteiger partial charge in [0.1, 0.15) is 5.01 Å². The maximum atomic E-state index is 4.87.